The lowest BCUT2D eigenvalue weighted by Gasteiger charge is -2.32. The van der Waals surface area contributed by atoms with Crippen molar-refractivity contribution in [3.8, 4) is 0 Å². The number of unbranched alkanes of at least 4 members (excludes halogenated alkanes) is 1. The molecule has 2 fully saturated rings. The van der Waals surface area contributed by atoms with Gasteiger partial charge in [0, 0.05) is 35.8 Å². The second-order valence-electron chi connectivity index (χ2n) is 19.1. The highest BCUT2D eigenvalue weighted by Crippen LogP contribution is 2.38. The molecule has 0 spiro atoms. The molecule has 4 aliphatic rings. The van der Waals surface area contributed by atoms with Gasteiger partial charge in [0.05, 0.1) is 25.4 Å². The quantitative estimate of drug-likeness (QED) is 0.0869. The number of methoxy groups -OCH3 is 1. The van der Waals surface area contributed by atoms with Crippen LogP contribution < -0.4 is 31.5 Å². The summed E-state index contributed by atoms with van der Waals surface area (Å²) in [4.78, 5) is 93.4. The van der Waals surface area contributed by atoms with Gasteiger partial charge in [-0.15, -0.1) is 0 Å². The Kier molecular flexibility index (Phi) is 18.2. The second-order valence-corrected chi connectivity index (χ2v) is 20.1. The number of allylic oxidation sites excluding steroid dienone is 1. The minimum atomic E-state index is -0.871. The van der Waals surface area contributed by atoms with Gasteiger partial charge in [0.25, 0.3) is 0 Å². The molecule has 363 valence electrons. The van der Waals surface area contributed by atoms with Crippen LogP contribution in [-0.4, -0.2) is 108 Å². The molecule has 0 saturated carbocycles. The van der Waals surface area contributed by atoms with Crippen molar-refractivity contribution < 1.29 is 33.5 Å². The van der Waals surface area contributed by atoms with Crippen molar-refractivity contribution in [1.29, 1.82) is 0 Å². The number of benzene rings is 1. The molecule has 3 aliphatic heterocycles. The molecule has 6 atom stereocenters. The van der Waals surface area contributed by atoms with Crippen LogP contribution in [0.4, 0.5) is 10.5 Å². The molecule has 3 heterocycles. The number of carbonyl (C=O) groups is 6. The van der Waals surface area contributed by atoms with Crippen LogP contribution in [-0.2, 0) is 34.1 Å². The molecule has 1 aliphatic carbocycles. The van der Waals surface area contributed by atoms with Gasteiger partial charge in [0.15, 0.2) is 5.17 Å². The normalized spacial score (nSPS) is 20.6. The van der Waals surface area contributed by atoms with Crippen LogP contribution in [0.15, 0.2) is 81.8 Å². The minimum absolute atomic E-state index is 0.0664. The number of nitrogens with zero attached hydrogens (tertiary/aromatic N) is 4. The SMILES string of the molecule is C=CSC(=NC[C@H]1CC[C@H](C2=CC(=C)C(NC(=O)[C@H](CCCC)NC(=O)[C@@H](NC(=O)C3=C[CH]3)C(C)C)=N2)N1c1ccc(C(C)(C)C)cc1)NC(=O)[C@@H]1CCCN1C(=O)[C@@H](NC(=O)OC)C(C)C. The lowest BCUT2D eigenvalue weighted by molar-refractivity contribution is -0.140. The number of alkyl carbamates (subject to hydrolysis) is 1. The summed E-state index contributed by atoms with van der Waals surface area (Å²) in [7, 11) is 1.24. The number of amidine groups is 2. The maximum absolute atomic E-state index is 13.9. The van der Waals surface area contributed by atoms with E-state index in [4.69, 9.17) is 14.7 Å². The fourth-order valence-corrected chi connectivity index (χ4v) is 8.94. The van der Waals surface area contributed by atoms with E-state index in [0.29, 0.717) is 67.3 Å². The third-order valence-corrected chi connectivity index (χ3v) is 13.0. The van der Waals surface area contributed by atoms with Crippen molar-refractivity contribution in [1.82, 2.24) is 31.5 Å². The third kappa shape index (κ3) is 13.7. The van der Waals surface area contributed by atoms with Crippen LogP contribution in [0.3, 0.4) is 0 Å². The molecule has 17 heteroatoms. The Morgan fingerprint density at radius 3 is 2.25 bits per heavy atom. The summed E-state index contributed by atoms with van der Waals surface area (Å²) in [5, 5.41) is 16.2. The summed E-state index contributed by atoms with van der Waals surface area (Å²) in [6.45, 7) is 24.6. The van der Waals surface area contributed by atoms with E-state index in [0.717, 1.165) is 24.2 Å². The van der Waals surface area contributed by atoms with Gasteiger partial charge in [-0.2, -0.15) is 0 Å². The zero-order valence-electron chi connectivity index (χ0n) is 40.6. The summed E-state index contributed by atoms with van der Waals surface area (Å²) < 4.78 is 4.75. The molecule has 5 rings (SSSR count). The lowest BCUT2D eigenvalue weighted by Crippen LogP contribution is -2.55. The number of thioether (sulfide) groups is 1. The average Bonchev–Trinajstić information content (AvgIpc) is 3.68. The molecule has 6 amide bonds. The molecule has 0 aromatic heterocycles. The highest BCUT2D eigenvalue weighted by molar-refractivity contribution is 8.16. The summed E-state index contributed by atoms with van der Waals surface area (Å²) in [5.41, 5.74) is 3.85. The first-order valence-electron chi connectivity index (χ1n) is 23.4. The molecule has 2 saturated heterocycles. The van der Waals surface area contributed by atoms with Crippen molar-refractivity contribution in [2.75, 3.05) is 25.1 Å². The number of hydrogen-bond donors (Lipinski definition) is 5. The van der Waals surface area contributed by atoms with Gasteiger partial charge in [-0.25, -0.2) is 9.79 Å². The minimum Gasteiger partial charge on any atom is -0.453 e. The number of hydrogen-bond acceptors (Lipinski definition) is 11. The topological polar surface area (TPSA) is 203 Å². The number of ether oxygens (including phenoxy) is 1. The predicted octanol–water partition coefficient (Wildman–Crippen LogP) is 5.97. The molecular weight excluding hydrogens is 871 g/mol. The Morgan fingerprint density at radius 2 is 1.66 bits per heavy atom. The zero-order valence-corrected chi connectivity index (χ0v) is 41.4. The van der Waals surface area contributed by atoms with Crippen LogP contribution in [0, 0.1) is 18.3 Å². The number of nitrogens with one attached hydrogen (secondary N) is 5. The molecule has 67 heavy (non-hydrogen) atoms. The smallest absolute Gasteiger partial charge is 0.407 e. The summed E-state index contributed by atoms with van der Waals surface area (Å²) >= 11 is 1.19. The molecule has 1 aromatic carbocycles. The fourth-order valence-electron chi connectivity index (χ4n) is 8.47. The molecule has 1 radical (unpaired) electrons. The molecule has 1 aromatic rings. The number of anilines is 1. The van der Waals surface area contributed by atoms with E-state index >= 15 is 0 Å². The number of carbonyl (C=O) groups excluding carboxylic acids is 6. The Hall–Kier alpha value is -5.71. The highest BCUT2D eigenvalue weighted by Gasteiger charge is 2.41. The Morgan fingerprint density at radius 1 is 0.970 bits per heavy atom. The highest BCUT2D eigenvalue weighted by atomic mass is 32.2. The van der Waals surface area contributed by atoms with Gasteiger partial charge >= 0.3 is 6.09 Å². The maximum atomic E-state index is 13.9. The maximum Gasteiger partial charge on any atom is 0.407 e. The van der Waals surface area contributed by atoms with Gasteiger partial charge in [-0.05, 0) is 78.5 Å². The van der Waals surface area contributed by atoms with Gasteiger partial charge in [-0.3, -0.25) is 29.0 Å². The first-order chi connectivity index (χ1) is 31.8. The first-order valence-corrected chi connectivity index (χ1v) is 24.3. The first kappa shape index (κ1) is 52.3. The fraction of sp³-hybridized carbons (Fsp3) is 0.540. The van der Waals surface area contributed by atoms with E-state index in [9.17, 15) is 28.8 Å². The van der Waals surface area contributed by atoms with Crippen molar-refractivity contribution in [2.45, 2.75) is 142 Å². The van der Waals surface area contributed by atoms with Crippen LogP contribution in [0.2, 0.25) is 0 Å². The zero-order chi connectivity index (χ0) is 49.2. The van der Waals surface area contributed by atoms with Crippen LogP contribution >= 0.6 is 11.8 Å². The summed E-state index contributed by atoms with van der Waals surface area (Å²) in [5.74, 6) is -2.05. The molecule has 16 nitrogen and oxygen atoms in total. The van der Waals surface area contributed by atoms with Crippen molar-refractivity contribution in [3.05, 3.63) is 83.8 Å². The largest absolute Gasteiger partial charge is 0.453 e. The molecule has 5 N–H and O–H groups in total. The van der Waals surface area contributed by atoms with E-state index in [1.54, 1.807) is 17.9 Å². The van der Waals surface area contributed by atoms with Gasteiger partial charge < -0.3 is 41.1 Å². The Balaban J connectivity index is 1.35. The van der Waals surface area contributed by atoms with Crippen molar-refractivity contribution in [2.24, 2.45) is 21.8 Å². The molecule has 0 bridgehead atoms. The third-order valence-electron chi connectivity index (χ3n) is 12.4. The summed E-state index contributed by atoms with van der Waals surface area (Å²) in [6, 6.07) is 4.82. The average molecular weight is 941 g/mol. The monoisotopic (exact) mass is 941 g/mol. The predicted molar refractivity (Wildman–Crippen MR) is 265 cm³/mol. The van der Waals surface area contributed by atoms with Crippen LogP contribution in [0.1, 0.15) is 106 Å². The van der Waals surface area contributed by atoms with E-state index in [-0.39, 0.29) is 47.1 Å². The van der Waals surface area contributed by atoms with Crippen LogP contribution in [0.5, 0.6) is 0 Å². The van der Waals surface area contributed by atoms with Crippen molar-refractivity contribution >= 4 is 64.1 Å². The summed E-state index contributed by atoms with van der Waals surface area (Å²) in [6.07, 6.45) is 8.95. The second kappa shape index (κ2) is 23.3. The Bertz CT molecular complexity index is 2170. The van der Waals surface area contributed by atoms with Gasteiger partial charge in [-0.1, -0.05) is 111 Å². The number of amides is 6. The van der Waals surface area contributed by atoms with E-state index in [2.05, 4.69) is 89.7 Å². The van der Waals surface area contributed by atoms with Crippen LogP contribution in [0.25, 0.3) is 0 Å². The number of aliphatic imine (C=N–C) groups is 2. The molecule has 0 unspecified atom stereocenters. The Labute approximate surface area is 400 Å². The lowest BCUT2D eigenvalue weighted by atomic mass is 9.87. The van der Waals surface area contributed by atoms with E-state index < -0.39 is 42.1 Å². The van der Waals surface area contributed by atoms with Crippen molar-refractivity contribution in [3.63, 3.8) is 0 Å². The number of likely N-dealkylation sites (tertiary alicyclic amines) is 1. The standard InChI is InChI=1S/C50H70N9O7S/c1-12-14-16-36(53-46(63)40(29(3)4)54-43(60)32-18-19-32)44(61)56-42-31(7)27-37(52-42)38-25-24-35(59(38)34-22-20-33(21-23-34)50(8,9)10)28-51-48(67-13-2)57-45(62)39-17-15-26-58(39)47(64)41(30(5)6)55-49(65)66-11/h13,18-23,27,29-30,35-36,38-41H,2,7,12,14-17,24-26,28H2,1,3-6,8-11H3,(H,53,63)(H,54,60)(H,55,65)(H,51,57,62)(H,52,56,61)/t35-,36+,38-,39+,40+,41+/m1/s1. The van der Waals surface area contributed by atoms with Gasteiger partial charge in [0.2, 0.25) is 29.5 Å². The number of rotatable bonds is 18. The van der Waals surface area contributed by atoms with E-state index in [1.807, 2.05) is 40.7 Å². The van der Waals surface area contributed by atoms with E-state index in [1.165, 1.54) is 29.3 Å². The van der Waals surface area contributed by atoms with Gasteiger partial charge in [0.1, 0.15) is 30.0 Å². The molecular formula is C50H70N9O7S.